The summed E-state index contributed by atoms with van der Waals surface area (Å²) >= 11 is 0. The van der Waals surface area contributed by atoms with Crippen LogP contribution in [0.1, 0.15) is 41.5 Å². The number of ether oxygens (including phenoxy) is 1. The number of amides is 1. The first kappa shape index (κ1) is 20.9. The van der Waals surface area contributed by atoms with Gasteiger partial charge in [-0.1, -0.05) is 6.07 Å². The van der Waals surface area contributed by atoms with Gasteiger partial charge in [0.05, 0.1) is 25.3 Å². The second kappa shape index (κ2) is 8.79. The van der Waals surface area contributed by atoms with Crippen molar-refractivity contribution in [3.8, 4) is 16.9 Å². The fraction of sp³-hybridized carbons (Fsp3) is 0.333. The second-order valence-electron chi connectivity index (χ2n) is 7.80. The molecule has 0 bridgehead atoms. The Labute approximate surface area is 181 Å². The van der Waals surface area contributed by atoms with Gasteiger partial charge in [-0.2, -0.15) is 0 Å². The van der Waals surface area contributed by atoms with Crippen LogP contribution in [0.15, 0.2) is 42.9 Å². The van der Waals surface area contributed by atoms with E-state index in [0.29, 0.717) is 17.9 Å². The van der Waals surface area contributed by atoms with Crippen LogP contribution < -0.4 is 4.74 Å². The molecular weight excluding hydrogens is 395 g/mol. The monoisotopic (exact) mass is 420 g/mol. The first-order valence-electron chi connectivity index (χ1n) is 10.3. The van der Waals surface area contributed by atoms with Crippen molar-refractivity contribution >= 4 is 5.91 Å². The summed E-state index contributed by atoms with van der Waals surface area (Å²) in [6.45, 7) is 4.51. The minimum Gasteiger partial charge on any atom is -0.494 e. The van der Waals surface area contributed by atoms with Crippen molar-refractivity contribution < 1.29 is 13.9 Å². The summed E-state index contributed by atoms with van der Waals surface area (Å²) in [6.07, 6.45) is 7.25. The van der Waals surface area contributed by atoms with Gasteiger partial charge in [0, 0.05) is 30.7 Å². The van der Waals surface area contributed by atoms with Crippen molar-refractivity contribution in [3.63, 3.8) is 0 Å². The van der Waals surface area contributed by atoms with Gasteiger partial charge in [-0.3, -0.25) is 9.78 Å². The van der Waals surface area contributed by atoms with Crippen molar-refractivity contribution in [1.29, 1.82) is 0 Å². The molecule has 1 atom stereocenters. The molecule has 0 spiro atoms. The Morgan fingerprint density at radius 2 is 2.06 bits per heavy atom. The SMILES string of the molecule is COc1ccc(CC(=O)N2CCC[C@@H]2c2nc(C)ncc2-c2ccncc2C)cc1F. The van der Waals surface area contributed by atoms with Crippen LogP contribution in [0.2, 0.25) is 0 Å². The largest absolute Gasteiger partial charge is 0.494 e. The Balaban J connectivity index is 1.64. The van der Waals surface area contributed by atoms with Gasteiger partial charge in [0.25, 0.3) is 0 Å². The molecule has 0 radical (unpaired) electrons. The zero-order chi connectivity index (χ0) is 22.0. The molecular formula is C24H25FN4O2. The number of carbonyl (C=O) groups excluding carboxylic acids is 1. The third-order valence-corrected chi connectivity index (χ3v) is 5.71. The Morgan fingerprint density at radius 3 is 2.81 bits per heavy atom. The van der Waals surface area contributed by atoms with Crippen molar-refractivity contribution in [1.82, 2.24) is 19.9 Å². The van der Waals surface area contributed by atoms with Gasteiger partial charge in [-0.15, -0.1) is 0 Å². The molecule has 0 saturated carbocycles. The molecule has 1 aromatic carbocycles. The van der Waals surface area contributed by atoms with E-state index in [1.54, 1.807) is 18.3 Å². The average molecular weight is 420 g/mol. The highest BCUT2D eigenvalue weighted by Crippen LogP contribution is 2.37. The van der Waals surface area contributed by atoms with E-state index in [2.05, 4.69) is 9.97 Å². The Kier molecular flexibility index (Phi) is 5.93. The minimum atomic E-state index is -0.465. The maximum Gasteiger partial charge on any atom is 0.227 e. The van der Waals surface area contributed by atoms with Gasteiger partial charge in [0.2, 0.25) is 5.91 Å². The van der Waals surface area contributed by atoms with Crippen molar-refractivity contribution in [2.24, 2.45) is 0 Å². The predicted octanol–water partition coefficient (Wildman–Crippen LogP) is 4.21. The fourth-order valence-corrected chi connectivity index (χ4v) is 4.17. The molecule has 0 aliphatic carbocycles. The van der Waals surface area contributed by atoms with E-state index in [9.17, 15) is 9.18 Å². The second-order valence-corrected chi connectivity index (χ2v) is 7.80. The lowest BCUT2D eigenvalue weighted by molar-refractivity contribution is -0.131. The summed E-state index contributed by atoms with van der Waals surface area (Å²) in [5.74, 6) is 0.333. The zero-order valence-electron chi connectivity index (χ0n) is 17.9. The molecule has 2 aromatic heterocycles. The number of pyridine rings is 1. The number of halogens is 1. The van der Waals surface area contributed by atoms with Crippen LogP contribution in [-0.4, -0.2) is 39.4 Å². The summed E-state index contributed by atoms with van der Waals surface area (Å²) in [5.41, 5.74) is 4.44. The fourth-order valence-electron chi connectivity index (χ4n) is 4.17. The molecule has 4 rings (SSSR count). The van der Waals surface area contributed by atoms with Gasteiger partial charge < -0.3 is 9.64 Å². The van der Waals surface area contributed by atoms with E-state index < -0.39 is 5.82 Å². The van der Waals surface area contributed by atoms with E-state index in [1.807, 2.05) is 37.2 Å². The van der Waals surface area contributed by atoms with Gasteiger partial charge in [-0.25, -0.2) is 14.4 Å². The van der Waals surface area contributed by atoms with Crippen LogP contribution in [0, 0.1) is 19.7 Å². The lowest BCUT2D eigenvalue weighted by Crippen LogP contribution is -2.32. The van der Waals surface area contributed by atoms with Crippen LogP contribution in [0.5, 0.6) is 5.75 Å². The standard InChI is InChI=1S/C24H25FN4O2/c1-15-13-26-9-8-18(15)19-14-27-16(2)28-24(19)21-5-4-10-29(21)23(30)12-17-6-7-22(31-3)20(25)11-17/h6-9,11,13-14,21H,4-5,10,12H2,1-3H3/t21-/m1/s1. The van der Waals surface area contributed by atoms with Crippen molar-refractivity contribution in [2.75, 3.05) is 13.7 Å². The number of carbonyl (C=O) groups is 1. The van der Waals surface area contributed by atoms with Crippen LogP contribution in [0.3, 0.4) is 0 Å². The lowest BCUT2D eigenvalue weighted by atomic mass is 9.97. The zero-order valence-corrected chi connectivity index (χ0v) is 17.9. The number of hydrogen-bond donors (Lipinski definition) is 0. The molecule has 6 nitrogen and oxygen atoms in total. The topological polar surface area (TPSA) is 68.2 Å². The minimum absolute atomic E-state index is 0.0410. The Morgan fingerprint density at radius 1 is 1.23 bits per heavy atom. The molecule has 160 valence electrons. The maximum atomic E-state index is 14.1. The average Bonchev–Trinajstić information content (AvgIpc) is 3.24. The molecule has 1 fully saturated rings. The molecule has 1 amide bonds. The molecule has 1 aliphatic heterocycles. The van der Waals surface area contributed by atoms with E-state index in [0.717, 1.165) is 35.2 Å². The van der Waals surface area contributed by atoms with E-state index >= 15 is 0 Å². The molecule has 3 aromatic rings. The normalized spacial score (nSPS) is 15.9. The molecule has 3 heterocycles. The van der Waals surface area contributed by atoms with Gasteiger partial charge in [-0.05, 0) is 61.6 Å². The highest BCUT2D eigenvalue weighted by Gasteiger charge is 2.33. The number of aromatic nitrogens is 3. The third kappa shape index (κ3) is 4.26. The number of aryl methyl sites for hydroxylation is 2. The summed E-state index contributed by atoms with van der Waals surface area (Å²) in [4.78, 5) is 28.4. The number of likely N-dealkylation sites (tertiary alicyclic amines) is 1. The van der Waals surface area contributed by atoms with Crippen LogP contribution >= 0.6 is 0 Å². The van der Waals surface area contributed by atoms with E-state index in [1.165, 1.54) is 13.2 Å². The highest BCUT2D eigenvalue weighted by molar-refractivity contribution is 5.80. The highest BCUT2D eigenvalue weighted by atomic mass is 19.1. The quantitative estimate of drug-likeness (QED) is 0.619. The maximum absolute atomic E-state index is 14.1. The molecule has 1 aliphatic rings. The number of hydrogen-bond acceptors (Lipinski definition) is 5. The van der Waals surface area contributed by atoms with Crippen molar-refractivity contribution in [2.45, 2.75) is 39.2 Å². The number of methoxy groups -OCH3 is 1. The number of nitrogens with zero attached hydrogens (tertiary/aromatic N) is 4. The van der Waals surface area contributed by atoms with E-state index in [4.69, 9.17) is 9.72 Å². The first-order valence-corrected chi connectivity index (χ1v) is 10.3. The smallest absolute Gasteiger partial charge is 0.227 e. The van der Waals surface area contributed by atoms with Crippen LogP contribution in [0.4, 0.5) is 4.39 Å². The molecule has 7 heteroatoms. The molecule has 31 heavy (non-hydrogen) atoms. The third-order valence-electron chi connectivity index (χ3n) is 5.71. The molecule has 0 N–H and O–H groups in total. The van der Waals surface area contributed by atoms with Gasteiger partial charge >= 0.3 is 0 Å². The van der Waals surface area contributed by atoms with E-state index in [-0.39, 0.29) is 24.1 Å². The number of benzene rings is 1. The van der Waals surface area contributed by atoms with Crippen molar-refractivity contribution in [3.05, 3.63) is 71.3 Å². The summed E-state index contributed by atoms with van der Waals surface area (Å²) in [5, 5.41) is 0. The summed E-state index contributed by atoms with van der Waals surface area (Å²) in [6, 6.07) is 6.46. The van der Waals surface area contributed by atoms with Crippen LogP contribution in [-0.2, 0) is 11.2 Å². The Hall–Kier alpha value is -3.35. The summed E-state index contributed by atoms with van der Waals surface area (Å²) < 4.78 is 19.0. The molecule has 1 saturated heterocycles. The summed E-state index contributed by atoms with van der Waals surface area (Å²) in [7, 11) is 1.42. The predicted molar refractivity (Wildman–Crippen MR) is 115 cm³/mol. The van der Waals surface area contributed by atoms with Gasteiger partial charge in [0.1, 0.15) is 5.82 Å². The number of rotatable bonds is 5. The molecule has 0 unspecified atom stereocenters. The first-order chi connectivity index (χ1) is 15.0. The Bertz CT molecular complexity index is 1120. The van der Waals surface area contributed by atoms with Gasteiger partial charge in [0.15, 0.2) is 11.6 Å². The van der Waals surface area contributed by atoms with Crippen LogP contribution in [0.25, 0.3) is 11.1 Å². The lowest BCUT2D eigenvalue weighted by Gasteiger charge is -2.26.